The number of quaternary nitrogens is 1. The molecule has 0 aromatic carbocycles. The van der Waals surface area contributed by atoms with Crippen molar-refractivity contribution in [1.82, 2.24) is 0 Å². The van der Waals surface area contributed by atoms with E-state index in [0.29, 0.717) is 19.8 Å². The van der Waals surface area contributed by atoms with E-state index in [1.165, 1.54) is 0 Å². The zero-order valence-corrected chi connectivity index (χ0v) is 9.52. The van der Waals surface area contributed by atoms with Gasteiger partial charge in [-0.15, -0.1) is 0 Å². The van der Waals surface area contributed by atoms with Crippen molar-refractivity contribution in [1.29, 1.82) is 0 Å². The van der Waals surface area contributed by atoms with Gasteiger partial charge in [-0.05, 0) is 0 Å². The molecule has 0 aliphatic carbocycles. The molecule has 0 heterocycles. The van der Waals surface area contributed by atoms with Crippen molar-refractivity contribution in [2.75, 3.05) is 46.8 Å². The second-order valence-electron chi connectivity index (χ2n) is 3.06. The van der Waals surface area contributed by atoms with Crippen LogP contribution >= 0.6 is 0 Å². The van der Waals surface area contributed by atoms with Gasteiger partial charge in [0.15, 0.2) is 0 Å². The molecule has 0 amide bonds. The molecule has 1 unspecified atom stereocenters. The Morgan fingerprint density at radius 3 is 2.56 bits per heavy atom. The van der Waals surface area contributed by atoms with Gasteiger partial charge >= 0.3 is 6.16 Å². The maximum absolute atomic E-state index is 10.9. The standard InChI is InChI=1S/C9H19NO6/c1-13-2-3-14-4-5-15-9(12)16-7-8(10)6-11/h8,11H,2-7,10H2,1H3/p+1. The van der Waals surface area contributed by atoms with Crippen LogP contribution < -0.4 is 5.73 Å². The van der Waals surface area contributed by atoms with Gasteiger partial charge in [0, 0.05) is 7.11 Å². The van der Waals surface area contributed by atoms with Crippen LogP contribution in [0.5, 0.6) is 0 Å². The molecule has 0 aliphatic rings. The largest absolute Gasteiger partial charge is 0.508 e. The van der Waals surface area contributed by atoms with Gasteiger partial charge < -0.3 is 29.8 Å². The summed E-state index contributed by atoms with van der Waals surface area (Å²) in [6.45, 7) is 1.30. The Morgan fingerprint density at radius 2 is 1.94 bits per heavy atom. The van der Waals surface area contributed by atoms with E-state index in [-0.39, 0.29) is 25.9 Å². The van der Waals surface area contributed by atoms with Crippen molar-refractivity contribution in [2.24, 2.45) is 0 Å². The normalized spacial score (nSPS) is 12.2. The monoisotopic (exact) mass is 238 g/mol. The minimum absolute atomic E-state index is 0.0415. The molecule has 0 aromatic rings. The lowest BCUT2D eigenvalue weighted by atomic mass is 10.4. The number of rotatable bonds is 9. The van der Waals surface area contributed by atoms with Crippen molar-refractivity contribution in [3.8, 4) is 0 Å². The molecule has 7 heteroatoms. The van der Waals surface area contributed by atoms with Gasteiger partial charge in [0.05, 0.1) is 26.4 Å². The molecule has 96 valence electrons. The van der Waals surface area contributed by atoms with Gasteiger partial charge in [0.25, 0.3) is 0 Å². The fourth-order valence-electron chi connectivity index (χ4n) is 0.709. The van der Waals surface area contributed by atoms with Crippen LogP contribution in [0.3, 0.4) is 0 Å². The molecule has 0 aliphatic heterocycles. The van der Waals surface area contributed by atoms with Crippen molar-refractivity contribution in [2.45, 2.75) is 6.04 Å². The third kappa shape index (κ3) is 9.66. The minimum Gasteiger partial charge on any atom is -0.432 e. The molecular formula is C9H20NO6+. The summed E-state index contributed by atoms with van der Waals surface area (Å²) < 4.78 is 19.2. The number of aliphatic hydroxyl groups is 1. The van der Waals surface area contributed by atoms with Gasteiger partial charge in [-0.3, -0.25) is 0 Å². The van der Waals surface area contributed by atoms with Crippen LogP contribution in [0.2, 0.25) is 0 Å². The Morgan fingerprint density at radius 1 is 1.25 bits per heavy atom. The van der Waals surface area contributed by atoms with E-state index in [4.69, 9.17) is 14.6 Å². The van der Waals surface area contributed by atoms with E-state index in [9.17, 15) is 4.79 Å². The number of hydrogen-bond donors (Lipinski definition) is 2. The molecule has 0 saturated heterocycles. The highest BCUT2D eigenvalue weighted by Gasteiger charge is 2.09. The van der Waals surface area contributed by atoms with E-state index < -0.39 is 6.16 Å². The Labute approximate surface area is 94.4 Å². The number of methoxy groups -OCH3 is 1. The van der Waals surface area contributed by atoms with E-state index in [1.807, 2.05) is 0 Å². The molecule has 4 N–H and O–H groups in total. The van der Waals surface area contributed by atoms with E-state index in [2.05, 4.69) is 15.2 Å². The minimum atomic E-state index is -0.780. The van der Waals surface area contributed by atoms with Crippen LogP contribution in [0.1, 0.15) is 0 Å². The summed E-state index contributed by atoms with van der Waals surface area (Å²) in [6.07, 6.45) is -0.780. The average Bonchev–Trinajstić information content (AvgIpc) is 2.30. The molecular weight excluding hydrogens is 218 g/mol. The highest BCUT2D eigenvalue weighted by molar-refractivity contribution is 5.59. The van der Waals surface area contributed by atoms with Crippen molar-refractivity contribution < 1.29 is 34.6 Å². The fraction of sp³-hybridized carbons (Fsp3) is 0.889. The molecule has 7 nitrogen and oxygen atoms in total. The second-order valence-corrected chi connectivity index (χ2v) is 3.06. The van der Waals surface area contributed by atoms with Gasteiger partial charge in [-0.1, -0.05) is 0 Å². The molecule has 0 aromatic heterocycles. The number of hydrogen-bond acceptors (Lipinski definition) is 6. The SMILES string of the molecule is COCCOCCOC(=O)OCC([NH3+])CO. The van der Waals surface area contributed by atoms with Gasteiger partial charge in [0.2, 0.25) is 0 Å². The molecule has 0 radical (unpaired) electrons. The van der Waals surface area contributed by atoms with Crippen molar-refractivity contribution >= 4 is 6.16 Å². The lowest BCUT2D eigenvalue weighted by molar-refractivity contribution is -0.430. The Hall–Kier alpha value is -0.890. The van der Waals surface area contributed by atoms with Crippen LogP contribution in [0.15, 0.2) is 0 Å². The Kier molecular flexibility index (Phi) is 10.0. The first-order valence-electron chi connectivity index (χ1n) is 5.00. The van der Waals surface area contributed by atoms with Crippen LogP contribution in [0.25, 0.3) is 0 Å². The highest BCUT2D eigenvalue weighted by atomic mass is 16.7. The lowest BCUT2D eigenvalue weighted by Gasteiger charge is -2.08. The van der Waals surface area contributed by atoms with Crippen LogP contribution in [0, 0.1) is 0 Å². The second kappa shape index (κ2) is 10.6. The highest BCUT2D eigenvalue weighted by Crippen LogP contribution is 1.87. The summed E-state index contributed by atoms with van der Waals surface area (Å²) in [7, 11) is 1.58. The van der Waals surface area contributed by atoms with Gasteiger partial charge in [-0.2, -0.15) is 0 Å². The van der Waals surface area contributed by atoms with Crippen LogP contribution in [0.4, 0.5) is 4.79 Å². The average molecular weight is 238 g/mol. The third-order valence-corrected chi connectivity index (χ3v) is 1.57. The molecule has 0 saturated carbocycles. The number of carbonyl (C=O) groups is 1. The van der Waals surface area contributed by atoms with E-state index in [1.54, 1.807) is 7.11 Å². The van der Waals surface area contributed by atoms with Gasteiger partial charge in [-0.25, -0.2) is 4.79 Å². The number of aliphatic hydroxyl groups excluding tert-OH is 1. The number of carbonyl (C=O) groups excluding carboxylic acids is 1. The third-order valence-electron chi connectivity index (χ3n) is 1.57. The maximum Gasteiger partial charge on any atom is 0.508 e. The lowest BCUT2D eigenvalue weighted by Crippen LogP contribution is -2.65. The fourth-order valence-corrected chi connectivity index (χ4v) is 0.709. The summed E-state index contributed by atoms with van der Waals surface area (Å²) in [6, 6.07) is -0.328. The predicted molar refractivity (Wildman–Crippen MR) is 53.8 cm³/mol. The van der Waals surface area contributed by atoms with Crippen molar-refractivity contribution in [3.63, 3.8) is 0 Å². The maximum atomic E-state index is 10.9. The topological polar surface area (TPSA) is 102 Å². The van der Waals surface area contributed by atoms with Crippen molar-refractivity contribution in [3.05, 3.63) is 0 Å². The molecule has 0 bridgehead atoms. The molecule has 0 rings (SSSR count). The summed E-state index contributed by atoms with van der Waals surface area (Å²) in [5, 5.41) is 8.62. The van der Waals surface area contributed by atoms with E-state index in [0.717, 1.165) is 0 Å². The zero-order valence-electron chi connectivity index (χ0n) is 9.52. The Balaban J connectivity index is 3.24. The molecule has 1 atom stereocenters. The van der Waals surface area contributed by atoms with Crippen LogP contribution in [-0.2, 0) is 18.9 Å². The number of ether oxygens (including phenoxy) is 4. The van der Waals surface area contributed by atoms with Crippen LogP contribution in [-0.4, -0.2) is 64.1 Å². The quantitative estimate of drug-likeness (QED) is 0.371. The molecule has 16 heavy (non-hydrogen) atoms. The first-order valence-corrected chi connectivity index (χ1v) is 5.00. The molecule has 0 fully saturated rings. The summed E-state index contributed by atoms with van der Waals surface area (Å²) >= 11 is 0. The first kappa shape index (κ1) is 15.1. The summed E-state index contributed by atoms with van der Waals surface area (Å²) in [5.74, 6) is 0. The van der Waals surface area contributed by atoms with E-state index >= 15 is 0 Å². The van der Waals surface area contributed by atoms with Gasteiger partial charge in [0.1, 0.15) is 19.3 Å². The predicted octanol–water partition coefficient (Wildman–Crippen LogP) is -1.59. The smallest absolute Gasteiger partial charge is 0.432 e. The summed E-state index contributed by atoms with van der Waals surface area (Å²) in [5.41, 5.74) is 3.54. The summed E-state index contributed by atoms with van der Waals surface area (Å²) in [4.78, 5) is 10.9. The zero-order chi connectivity index (χ0) is 12.2. The Bertz CT molecular complexity index is 177. The molecule has 0 spiro atoms. The first-order chi connectivity index (χ1) is 7.70.